The summed E-state index contributed by atoms with van der Waals surface area (Å²) >= 11 is 2.01. The van der Waals surface area contributed by atoms with Gasteiger partial charge in [-0.3, -0.25) is 4.68 Å². The van der Waals surface area contributed by atoms with E-state index in [1.807, 2.05) is 29.5 Å². The lowest BCUT2D eigenvalue weighted by Crippen LogP contribution is -2.04. The molecular formula is C13H12F3IN2. The highest BCUT2D eigenvalue weighted by molar-refractivity contribution is 14.1. The van der Waals surface area contributed by atoms with E-state index in [0.29, 0.717) is 21.9 Å². The maximum atomic E-state index is 13.8. The van der Waals surface area contributed by atoms with Gasteiger partial charge in [0, 0.05) is 18.2 Å². The number of aryl methyl sites for hydroxylation is 1. The monoisotopic (exact) mass is 380 g/mol. The highest BCUT2D eigenvalue weighted by atomic mass is 127. The summed E-state index contributed by atoms with van der Waals surface area (Å²) in [5.41, 5.74) is 0.530. The molecule has 19 heavy (non-hydrogen) atoms. The summed E-state index contributed by atoms with van der Waals surface area (Å²) in [4.78, 5) is 0. The Hall–Kier alpha value is -1.05. The average molecular weight is 380 g/mol. The van der Waals surface area contributed by atoms with Gasteiger partial charge < -0.3 is 0 Å². The van der Waals surface area contributed by atoms with Crippen LogP contribution in [0.4, 0.5) is 13.2 Å². The molecule has 2 nitrogen and oxygen atoms in total. The Morgan fingerprint density at radius 2 is 1.84 bits per heavy atom. The highest BCUT2D eigenvalue weighted by Gasteiger charge is 2.18. The molecule has 0 amide bonds. The molecule has 1 aromatic heterocycles. The summed E-state index contributed by atoms with van der Waals surface area (Å²) in [5, 5.41) is 4.15. The number of nitrogens with zero attached hydrogens (tertiary/aromatic N) is 2. The van der Waals surface area contributed by atoms with Crippen LogP contribution in [-0.2, 0) is 6.54 Å². The maximum absolute atomic E-state index is 13.8. The molecule has 0 spiro atoms. The van der Waals surface area contributed by atoms with Crippen LogP contribution in [0.1, 0.15) is 19.8 Å². The fraction of sp³-hybridized carbons (Fsp3) is 0.308. The van der Waals surface area contributed by atoms with Gasteiger partial charge in [0.05, 0.1) is 15.5 Å². The molecule has 1 aromatic carbocycles. The van der Waals surface area contributed by atoms with Gasteiger partial charge in [-0.2, -0.15) is 5.10 Å². The molecule has 0 N–H and O–H groups in total. The minimum Gasteiger partial charge on any atom is -0.264 e. The van der Waals surface area contributed by atoms with Crippen molar-refractivity contribution in [2.45, 2.75) is 26.3 Å². The molecule has 0 saturated carbocycles. The first kappa shape index (κ1) is 14.4. The zero-order valence-corrected chi connectivity index (χ0v) is 12.4. The molecule has 0 radical (unpaired) electrons. The first-order chi connectivity index (χ1) is 9.04. The first-order valence-corrected chi connectivity index (χ1v) is 6.98. The number of unbranched alkanes of at least 4 members (excludes halogenated alkanes) is 1. The second-order valence-corrected chi connectivity index (χ2v) is 5.33. The van der Waals surface area contributed by atoms with Gasteiger partial charge in [-0.15, -0.1) is 0 Å². The van der Waals surface area contributed by atoms with E-state index in [2.05, 4.69) is 5.10 Å². The van der Waals surface area contributed by atoms with E-state index in [-0.39, 0.29) is 5.56 Å². The highest BCUT2D eigenvalue weighted by Crippen LogP contribution is 2.29. The van der Waals surface area contributed by atoms with Gasteiger partial charge >= 0.3 is 0 Å². The minimum atomic E-state index is -1.18. The van der Waals surface area contributed by atoms with E-state index in [1.165, 1.54) is 0 Å². The third-order valence-corrected chi connectivity index (χ3v) is 3.57. The van der Waals surface area contributed by atoms with Crippen molar-refractivity contribution in [3.63, 3.8) is 0 Å². The van der Waals surface area contributed by atoms with Crippen LogP contribution in [0.2, 0.25) is 0 Å². The summed E-state index contributed by atoms with van der Waals surface area (Å²) in [6.45, 7) is 2.65. The normalized spacial score (nSPS) is 11.0. The van der Waals surface area contributed by atoms with Crippen LogP contribution in [0.25, 0.3) is 11.3 Å². The van der Waals surface area contributed by atoms with Crippen molar-refractivity contribution in [3.05, 3.63) is 39.4 Å². The quantitative estimate of drug-likeness (QED) is 0.569. The number of hydrogen-bond acceptors (Lipinski definition) is 1. The van der Waals surface area contributed by atoms with Gasteiger partial charge in [0.2, 0.25) is 0 Å². The topological polar surface area (TPSA) is 17.8 Å². The first-order valence-electron chi connectivity index (χ1n) is 5.90. The molecule has 0 fully saturated rings. The fourth-order valence-corrected chi connectivity index (χ4v) is 2.51. The lowest BCUT2D eigenvalue weighted by Gasteiger charge is -2.09. The van der Waals surface area contributed by atoms with Gasteiger partial charge in [-0.05, 0) is 35.1 Å². The molecular weight excluding hydrogens is 368 g/mol. The summed E-state index contributed by atoms with van der Waals surface area (Å²) in [6.07, 6.45) is 3.44. The van der Waals surface area contributed by atoms with E-state index in [0.717, 1.165) is 18.9 Å². The van der Waals surface area contributed by atoms with Crippen LogP contribution in [0.3, 0.4) is 0 Å². The Kier molecular flexibility index (Phi) is 4.49. The zero-order valence-electron chi connectivity index (χ0n) is 10.3. The molecule has 0 bridgehead atoms. The molecule has 0 saturated heterocycles. The minimum absolute atomic E-state index is 0.0388. The van der Waals surface area contributed by atoms with Crippen LogP contribution in [0.5, 0.6) is 0 Å². The van der Waals surface area contributed by atoms with E-state index < -0.39 is 17.5 Å². The zero-order chi connectivity index (χ0) is 14.0. The molecule has 2 aromatic rings. The predicted octanol–water partition coefficient (Wildman–Crippen LogP) is 4.37. The summed E-state index contributed by atoms with van der Waals surface area (Å²) in [7, 11) is 0. The fourth-order valence-electron chi connectivity index (χ4n) is 1.81. The third kappa shape index (κ3) is 2.93. The van der Waals surface area contributed by atoms with Gasteiger partial charge in [-0.25, -0.2) is 13.2 Å². The van der Waals surface area contributed by atoms with Gasteiger partial charge in [-0.1, -0.05) is 13.3 Å². The van der Waals surface area contributed by atoms with Crippen molar-refractivity contribution >= 4 is 22.6 Å². The van der Waals surface area contributed by atoms with Crippen molar-refractivity contribution in [3.8, 4) is 11.3 Å². The summed E-state index contributed by atoms with van der Waals surface area (Å²) < 4.78 is 42.4. The molecule has 0 aliphatic carbocycles. The van der Waals surface area contributed by atoms with E-state index in [4.69, 9.17) is 0 Å². The van der Waals surface area contributed by atoms with E-state index in [9.17, 15) is 13.2 Å². The molecule has 6 heteroatoms. The Labute approximate surface area is 122 Å². The number of rotatable bonds is 4. The van der Waals surface area contributed by atoms with Crippen molar-refractivity contribution in [2.24, 2.45) is 0 Å². The van der Waals surface area contributed by atoms with Crippen LogP contribution in [-0.4, -0.2) is 9.78 Å². The Bertz CT molecular complexity index is 596. The second kappa shape index (κ2) is 5.94. The largest absolute Gasteiger partial charge is 0.264 e. The smallest absolute Gasteiger partial charge is 0.161 e. The SMILES string of the molecule is CCCCn1ncc(I)c1-c1cc(F)c(F)cc1F. The molecule has 0 atom stereocenters. The Morgan fingerprint density at radius 1 is 1.16 bits per heavy atom. The number of benzene rings is 1. The molecule has 102 valence electrons. The lowest BCUT2D eigenvalue weighted by atomic mass is 10.1. The molecule has 0 aliphatic rings. The number of halogens is 4. The molecule has 0 aliphatic heterocycles. The van der Waals surface area contributed by atoms with Crippen LogP contribution in [0, 0.1) is 21.0 Å². The lowest BCUT2D eigenvalue weighted by molar-refractivity contribution is 0.495. The average Bonchev–Trinajstić information content (AvgIpc) is 2.73. The summed E-state index contributed by atoms with van der Waals surface area (Å²) in [5.74, 6) is -3.03. The van der Waals surface area contributed by atoms with Crippen molar-refractivity contribution in [1.82, 2.24) is 9.78 Å². The Morgan fingerprint density at radius 3 is 2.53 bits per heavy atom. The standard InChI is InChI=1S/C13H12F3IN2/c1-2-3-4-19-13(12(17)7-18-19)8-5-10(15)11(16)6-9(8)14/h5-7H,2-4H2,1H3. The second-order valence-electron chi connectivity index (χ2n) is 4.16. The van der Waals surface area contributed by atoms with Crippen molar-refractivity contribution in [1.29, 1.82) is 0 Å². The third-order valence-electron chi connectivity index (χ3n) is 2.78. The van der Waals surface area contributed by atoms with E-state index in [1.54, 1.807) is 10.9 Å². The Balaban J connectivity index is 2.52. The van der Waals surface area contributed by atoms with Crippen LogP contribution < -0.4 is 0 Å². The van der Waals surface area contributed by atoms with Gasteiger partial charge in [0.25, 0.3) is 0 Å². The number of aromatic nitrogens is 2. The molecule has 2 rings (SSSR count). The van der Waals surface area contributed by atoms with Gasteiger partial charge in [0.1, 0.15) is 5.82 Å². The van der Waals surface area contributed by atoms with Crippen molar-refractivity contribution < 1.29 is 13.2 Å². The van der Waals surface area contributed by atoms with Crippen LogP contribution >= 0.6 is 22.6 Å². The molecule has 0 unspecified atom stereocenters. The summed E-state index contributed by atoms with van der Waals surface area (Å²) in [6, 6.07) is 1.45. The van der Waals surface area contributed by atoms with E-state index >= 15 is 0 Å². The number of hydrogen-bond donors (Lipinski definition) is 0. The molecule has 1 heterocycles. The maximum Gasteiger partial charge on any atom is 0.161 e. The van der Waals surface area contributed by atoms with Crippen LogP contribution in [0.15, 0.2) is 18.3 Å². The predicted molar refractivity (Wildman–Crippen MR) is 75.2 cm³/mol. The van der Waals surface area contributed by atoms with Crippen molar-refractivity contribution in [2.75, 3.05) is 0 Å². The van der Waals surface area contributed by atoms with Gasteiger partial charge in [0.15, 0.2) is 11.6 Å².